The Morgan fingerprint density at radius 3 is 2.40 bits per heavy atom. The van der Waals surface area contributed by atoms with E-state index in [0.717, 1.165) is 49.7 Å². The average Bonchev–Trinajstić information content (AvgIpc) is 3.17. The number of rotatable bonds is 1. The van der Waals surface area contributed by atoms with Gasteiger partial charge in [-0.05, 0) is 47.6 Å². The molecule has 2 heterocycles. The summed E-state index contributed by atoms with van der Waals surface area (Å²) in [5, 5.41) is 6.73. The van der Waals surface area contributed by atoms with Gasteiger partial charge in [-0.25, -0.2) is 0 Å². The van der Waals surface area contributed by atoms with Crippen molar-refractivity contribution < 1.29 is 13.1 Å². The Morgan fingerprint density at radius 1 is 0.767 bits per heavy atom. The molecular formula is C28H22NO+. The lowest BCUT2D eigenvalue weighted by Crippen LogP contribution is -2.34. The lowest BCUT2D eigenvalue weighted by Gasteiger charge is -2.04. The first-order valence-corrected chi connectivity index (χ1v) is 10.1. The van der Waals surface area contributed by atoms with E-state index < -0.39 is 6.85 Å². The number of furan rings is 1. The Morgan fingerprint density at radius 2 is 1.53 bits per heavy atom. The summed E-state index contributed by atoms with van der Waals surface area (Å²) in [6, 6.07) is 24.6. The number of nitrogens with zero attached hydrogens (tertiary/aromatic N) is 1. The maximum Gasteiger partial charge on any atom is 0.257 e. The van der Waals surface area contributed by atoms with E-state index in [-0.39, 0.29) is 0 Å². The number of benzene rings is 4. The number of aromatic nitrogens is 1. The maximum absolute atomic E-state index is 7.74. The molecule has 0 N–H and O–H groups in total. The van der Waals surface area contributed by atoms with Crippen LogP contribution in [0.4, 0.5) is 0 Å². The molecule has 0 bridgehead atoms. The molecule has 2 heteroatoms. The molecule has 0 amide bonds. The largest absolute Gasteiger partial charge is 0.448 e. The number of pyridine rings is 1. The third-order valence-electron chi connectivity index (χ3n) is 6.08. The molecule has 0 aliphatic rings. The van der Waals surface area contributed by atoms with Crippen molar-refractivity contribution in [2.45, 2.75) is 20.7 Å². The predicted octanol–water partition coefficient (Wildman–Crippen LogP) is 7.09. The zero-order valence-corrected chi connectivity index (χ0v) is 16.9. The van der Waals surface area contributed by atoms with Gasteiger partial charge in [0.15, 0.2) is 11.9 Å². The zero-order chi connectivity index (χ0) is 22.9. The monoisotopic (exact) mass is 391 g/mol. The van der Waals surface area contributed by atoms with Crippen LogP contribution in [0, 0.1) is 20.7 Å². The van der Waals surface area contributed by atoms with Crippen LogP contribution in [-0.2, 0) is 0 Å². The molecule has 0 radical (unpaired) electrons. The van der Waals surface area contributed by atoms with E-state index in [1.54, 1.807) is 12.1 Å². The second-order valence-electron chi connectivity index (χ2n) is 7.96. The third-order valence-corrected chi connectivity index (χ3v) is 6.08. The second-order valence-corrected chi connectivity index (χ2v) is 7.96. The summed E-state index contributed by atoms with van der Waals surface area (Å²) in [4.78, 5) is 0. The highest BCUT2D eigenvalue weighted by Crippen LogP contribution is 2.39. The summed E-state index contributed by atoms with van der Waals surface area (Å²) in [6.07, 6.45) is 1.83. The van der Waals surface area contributed by atoms with E-state index in [2.05, 4.69) is 67.6 Å². The van der Waals surface area contributed by atoms with Crippen LogP contribution >= 0.6 is 0 Å². The highest BCUT2D eigenvalue weighted by atomic mass is 16.3. The minimum Gasteiger partial charge on any atom is -0.448 e. The lowest BCUT2D eigenvalue weighted by atomic mass is 9.99. The molecule has 144 valence electrons. The Bertz CT molecular complexity index is 1730. The normalized spacial score (nSPS) is 13.7. The van der Waals surface area contributed by atoms with Crippen molar-refractivity contribution in [1.29, 1.82) is 0 Å². The summed E-state index contributed by atoms with van der Waals surface area (Å²) < 4.78 is 31.9. The fourth-order valence-corrected chi connectivity index (χ4v) is 4.63. The van der Waals surface area contributed by atoms with Crippen LogP contribution in [0.5, 0.6) is 0 Å². The molecule has 0 aliphatic heterocycles. The molecule has 6 rings (SSSR count). The molecule has 0 unspecified atom stereocenters. The van der Waals surface area contributed by atoms with Gasteiger partial charge in [-0.2, -0.15) is 4.57 Å². The van der Waals surface area contributed by atoms with Crippen molar-refractivity contribution in [1.82, 2.24) is 0 Å². The topological polar surface area (TPSA) is 17.0 Å². The Kier molecular flexibility index (Phi) is 2.95. The SMILES string of the molecule is [2H]C([2H])([2H])c1cc[n+](-c2c(C)ccc3c2oc2c3ccc3ccc4ccccc4c32)c(C)c1. The van der Waals surface area contributed by atoms with Crippen LogP contribution in [0.15, 0.2) is 83.4 Å². The molecule has 2 nitrogen and oxygen atoms in total. The number of hydrogen-bond acceptors (Lipinski definition) is 1. The van der Waals surface area contributed by atoms with Gasteiger partial charge in [0.25, 0.3) is 5.69 Å². The maximum atomic E-state index is 7.74. The molecule has 0 fully saturated rings. The molecule has 2 aromatic heterocycles. The van der Waals surface area contributed by atoms with Crippen LogP contribution in [0.3, 0.4) is 0 Å². The summed E-state index contributed by atoms with van der Waals surface area (Å²) in [5.74, 6) is 0. The zero-order valence-electron chi connectivity index (χ0n) is 19.9. The van der Waals surface area contributed by atoms with Crippen LogP contribution in [0.25, 0.3) is 49.2 Å². The fraction of sp³-hybridized carbons (Fsp3) is 0.107. The van der Waals surface area contributed by atoms with Crippen molar-refractivity contribution in [2.75, 3.05) is 0 Å². The molecule has 30 heavy (non-hydrogen) atoms. The van der Waals surface area contributed by atoms with E-state index in [9.17, 15) is 0 Å². The molecular weight excluding hydrogens is 366 g/mol. The van der Waals surface area contributed by atoms with Crippen LogP contribution in [-0.4, -0.2) is 0 Å². The molecule has 0 spiro atoms. The Labute approximate surface area is 179 Å². The van der Waals surface area contributed by atoms with Gasteiger partial charge in [0, 0.05) is 44.9 Å². The Hall–Kier alpha value is -3.65. The summed E-state index contributed by atoms with van der Waals surface area (Å²) in [5.41, 5.74) is 4.86. The van der Waals surface area contributed by atoms with Gasteiger partial charge in [0.05, 0.1) is 0 Å². The molecule has 6 aromatic rings. The molecule has 4 aromatic carbocycles. The summed E-state index contributed by atoms with van der Waals surface area (Å²) in [6.45, 7) is 1.85. The standard InChI is InChI=1S/C28H22NO/c1-17-14-15-29(19(3)16-17)26-18(2)8-12-24-23-13-11-21-10-9-20-6-4-5-7-22(20)25(21)27(23)30-28(24)26/h4-16H,1-3H3/q+1/i1D3. The quantitative estimate of drug-likeness (QED) is 0.216. The van der Waals surface area contributed by atoms with Crippen LogP contribution in [0.1, 0.15) is 20.9 Å². The van der Waals surface area contributed by atoms with E-state index in [0.29, 0.717) is 5.56 Å². The van der Waals surface area contributed by atoms with Crippen LogP contribution in [0.2, 0.25) is 0 Å². The van der Waals surface area contributed by atoms with Gasteiger partial charge in [0.1, 0.15) is 5.58 Å². The summed E-state index contributed by atoms with van der Waals surface area (Å²) >= 11 is 0. The highest BCUT2D eigenvalue weighted by Gasteiger charge is 2.23. The first kappa shape index (κ1) is 14.4. The Balaban J connectivity index is 1.72. The molecule has 0 saturated heterocycles. The van der Waals surface area contributed by atoms with Crippen molar-refractivity contribution in [3.8, 4) is 5.69 Å². The van der Waals surface area contributed by atoms with Gasteiger partial charge in [-0.1, -0.05) is 48.5 Å². The average molecular weight is 392 g/mol. The van der Waals surface area contributed by atoms with Crippen molar-refractivity contribution in [3.63, 3.8) is 0 Å². The first-order chi connectivity index (χ1) is 15.8. The second kappa shape index (κ2) is 6.17. The fourth-order valence-electron chi connectivity index (χ4n) is 4.63. The summed E-state index contributed by atoms with van der Waals surface area (Å²) in [7, 11) is 0. The van der Waals surface area contributed by atoms with E-state index in [1.165, 1.54) is 10.8 Å². The van der Waals surface area contributed by atoms with E-state index >= 15 is 0 Å². The number of aryl methyl sites for hydroxylation is 3. The molecule has 0 atom stereocenters. The molecule has 0 aliphatic carbocycles. The van der Waals surface area contributed by atoms with Crippen molar-refractivity contribution in [2.24, 2.45) is 0 Å². The lowest BCUT2D eigenvalue weighted by molar-refractivity contribution is -0.602. The number of hydrogen-bond donors (Lipinski definition) is 0. The van der Waals surface area contributed by atoms with Gasteiger partial charge in [-0.3, -0.25) is 0 Å². The van der Waals surface area contributed by atoms with Gasteiger partial charge in [-0.15, -0.1) is 0 Å². The van der Waals surface area contributed by atoms with Gasteiger partial charge in [0.2, 0.25) is 5.58 Å². The predicted molar refractivity (Wildman–Crippen MR) is 124 cm³/mol. The minimum absolute atomic E-state index is 0.336. The third kappa shape index (κ3) is 2.34. The molecule has 0 saturated carbocycles. The van der Waals surface area contributed by atoms with Crippen molar-refractivity contribution >= 4 is 43.5 Å². The first-order valence-electron chi connectivity index (χ1n) is 11.6. The van der Waals surface area contributed by atoms with Crippen LogP contribution < -0.4 is 4.57 Å². The smallest absolute Gasteiger partial charge is 0.257 e. The highest BCUT2D eigenvalue weighted by molar-refractivity contribution is 6.23. The number of fused-ring (bicyclic) bond motifs is 7. The van der Waals surface area contributed by atoms with E-state index in [1.807, 2.05) is 17.7 Å². The minimum atomic E-state index is -2.13. The van der Waals surface area contributed by atoms with Gasteiger partial charge >= 0.3 is 0 Å². The van der Waals surface area contributed by atoms with Crippen molar-refractivity contribution in [3.05, 3.63) is 95.8 Å². The van der Waals surface area contributed by atoms with E-state index in [4.69, 9.17) is 8.53 Å². The van der Waals surface area contributed by atoms with Gasteiger partial charge < -0.3 is 4.42 Å².